The van der Waals surface area contributed by atoms with E-state index in [0.29, 0.717) is 23.1 Å². The smallest absolute Gasteiger partial charge is 0.172 e. The first kappa shape index (κ1) is 27.3. The van der Waals surface area contributed by atoms with Gasteiger partial charge in [0.2, 0.25) is 0 Å². The van der Waals surface area contributed by atoms with Crippen molar-refractivity contribution in [2.24, 2.45) is 0 Å². The predicted molar refractivity (Wildman–Crippen MR) is 160 cm³/mol. The van der Waals surface area contributed by atoms with Crippen LogP contribution in [-0.4, -0.2) is 29.0 Å². The van der Waals surface area contributed by atoms with E-state index in [4.69, 9.17) is 26.1 Å². The third kappa shape index (κ3) is 6.01. The number of aromatic nitrogens is 2. The molecular weight excluding hydrogens is 551 g/mol. The van der Waals surface area contributed by atoms with E-state index in [0.717, 1.165) is 27.9 Å². The number of nitrogens with zero attached hydrogens (tertiary/aromatic N) is 2. The molecule has 0 atom stereocenters. The van der Waals surface area contributed by atoms with E-state index in [1.165, 1.54) is 23.3 Å². The van der Waals surface area contributed by atoms with Gasteiger partial charge in [0.1, 0.15) is 17.3 Å². The molecule has 0 saturated carbocycles. The highest BCUT2D eigenvalue weighted by Gasteiger charge is 2.30. The van der Waals surface area contributed by atoms with Gasteiger partial charge in [-0.2, -0.15) is 11.3 Å². The van der Waals surface area contributed by atoms with Crippen molar-refractivity contribution < 1.29 is 13.9 Å². The highest BCUT2D eigenvalue weighted by molar-refractivity contribution is 7.99. The Morgan fingerprint density at radius 1 is 1.00 bits per heavy atom. The molecule has 3 aromatic carbocycles. The van der Waals surface area contributed by atoms with Crippen LogP contribution in [0.4, 0.5) is 4.39 Å². The molecule has 2 heterocycles. The van der Waals surface area contributed by atoms with Gasteiger partial charge in [0.15, 0.2) is 5.16 Å². The quantitative estimate of drug-likeness (QED) is 0.122. The molecule has 4 nitrogen and oxygen atoms in total. The Bertz CT molecular complexity index is 1530. The molecule has 0 saturated heterocycles. The van der Waals surface area contributed by atoms with Crippen molar-refractivity contribution in [1.82, 2.24) is 9.55 Å². The molecule has 0 fully saturated rings. The van der Waals surface area contributed by atoms with Crippen LogP contribution in [0.5, 0.6) is 11.5 Å². The zero-order valence-electron chi connectivity index (χ0n) is 21.9. The first-order chi connectivity index (χ1) is 18.9. The van der Waals surface area contributed by atoms with Gasteiger partial charge in [-0.15, -0.1) is 0 Å². The monoisotopic (exact) mass is 578 g/mol. The molecule has 0 unspecified atom stereocenters. The summed E-state index contributed by atoms with van der Waals surface area (Å²) in [6.45, 7) is 4.78. The van der Waals surface area contributed by atoms with Gasteiger partial charge in [0.25, 0.3) is 0 Å². The average Bonchev–Trinajstić information content (AvgIpc) is 3.63. The number of imidazole rings is 1. The maximum atomic E-state index is 13.8. The van der Waals surface area contributed by atoms with Crippen LogP contribution in [0.3, 0.4) is 0 Å². The SMILES string of the molecule is COc1cc(C(C)(C)c2cnc(SCCOc3ccc(-c4ccsc4)cc3)n2-c2ccc(F)cc2)ccc1Cl. The molecule has 5 rings (SSSR count). The summed E-state index contributed by atoms with van der Waals surface area (Å²) in [4.78, 5) is 4.77. The fourth-order valence-electron chi connectivity index (χ4n) is 4.38. The summed E-state index contributed by atoms with van der Waals surface area (Å²) in [5, 5.41) is 5.57. The second kappa shape index (κ2) is 11.9. The normalized spacial score (nSPS) is 11.5. The number of benzene rings is 3. The standard InChI is InChI=1S/C31H28ClFN2O2S2/c1-31(2,23-6-13-27(32)28(18-23)36-3)29-19-34-30(35(29)25-9-7-24(33)8-10-25)39-17-15-37-26-11-4-21(5-12-26)22-14-16-38-20-22/h4-14,16,18-20H,15,17H2,1-3H3. The van der Waals surface area contributed by atoms with E-state index in [9.17, 15) is 4.39 Å². The van der Waals surface area contributed by atoms with E-state index in [2.05, 4.69) is 47.4 Å². The molecule has 5 aromatic rings. The zero-order valence-corrected chi connectivity index (χ0v) is 24.2. The van der Waals surface area contributed by atoms with E-state index < -0.39 is 5.41 Å². The number of thioether (sulfide) groups is 1. The van der Waals surface area contributed by atoms with Crippen molar-refractivity contribution in [3.63, 3.8) is 0 Å². The van der Waals surface area contributed by atoms with Crippen LogP contribution in [0.1, 0.15) is 25.1 Å². The third-order valence-electron chi connectivity index (χ3n) is 6.62. The van der Waals surface area contributed by atoms with E-state index in [-0.39, 0.29) is 5.82 Å². The molecule has 8 heteroatoms. The Hall–Kier alpha value is -3.26. The van der Waals surface area contributed by atoms with Gasteiger partial charge in [-0.1, -0.05) is 55.4 Å². The predicted octanol–water partition coefficient (Wildman–Crippen LogP) is 8.90. The molecule has 0 aliphatic rings. The van der Waals surface area contributed by atoms with Crippen LogP contribution in [0.25, 0.3) is 16.8 Å². The number of thiophene rings is 1. The Labute approximate surface area is 241 Å². The largest absolute Gasteiger partial charge is 0.495 e. The van der Waals surface area contributed by atoms with Crippen LogP contribution in [0.15, 0.2) is 94.9 Å². The van der Waals surface area contributed by atoms with Crippen LogP contribution in [0.2, 0.25) is 5.02 Å². The van der Waals surface area contributed by atoms with Gasteiger partial charge >= 0.3 is 0 Å². The number of rotatable bonds is 10. The lowest BCUT2D eigenvalue weighted by molar-refractivity contribution is 0.344. The first-order valence-electron chi connectivity index (χ1n) is 12.4. The van der Waals surface area contributed by atoms with E-state index in [1.807, 2.05) is 36.5 Å². The minimum Gasteiger partial charge on any atom is -0.495 e. The summed E-state index contributed by atoms with van der Waals surface area (Å²) in [6, 6.07) is 22.5. The molecule has 0 aliphatic heterocycles. The average molecular weight is 579 g/mol. The Morgan fingerprint density at radius 3 is 2.46 bits per heavy atom. The zero-order chi connectivity index (χ0) is 27.4. The molecule has 0 radical (unpaired) electrons. The van der Waals surface area contributed by atoms with Gasteiger partial charge < -0.3 is 9.47 Å². The first-order valence-corrected chi connectivity index (χ1v) is 14.7. The lowest BCUT2D eigenvalue weighted by Gasteiger charge is -2.28. The lowest BCUT2D eigenvalue weighted by Crippen LogP contribution is -2.23. The molecule has 0 amide bonds. The highest BCUT2D eigenvalue weighted by Crippen LogP contribution is 2.38. The van der Waals surface area contributed by atoms with Crippen molar-refractivity contribution in [1.29, 1.82) is 0 Å². The molecule has 0 spiro atoms. The summed E-state index contributed by atoms with van der Waals surface area (Å²) in [7, 11) is 1.61. The van der Waals surface area contributed by atoms with Gasteiger partial charge in [-0.25, -0.2) is 9.37 Å². The summed E-state index contributed by atoms with van der Waals surface area (Å²) in [5.74, 6) is 1.86. The molecule has 0 N–H and O–H groups in total. The van der Waals surface area contributed by atoms with Gasteiger partial charge in [-0.3, -0.25) is 4.57 Å². The fourth-order valence-corrected chi connectivity index (χ4v) is 6.05. The van der Waals surface area contributed by atoms with Crippen molar-refractivity contribution >= 4 is 34.7 Å². The number of ether oxygens (including phenoxy) is 2. The van der Waals surface area contributed by atoms with Gasteiger partial charge in [0.05, 0.1) is 30.6 Å². The van der Waals surface area contributed by atoms with Crippen LogP contribution in [-0.2, 0) is 5.41 Å². The van der Waals surface area contributed by atoms with Crippen LogP contribution >= 0.6 is 34.7 Å². The Balaban J connectivity index is 1.36. The second-order valence-corrected chi connectivity index (χ2v) is 11.7. The molecule has 0 aliphatic carbocycles. The number of hydrogen-bond acceptors (Lipinski definition) is 5. The topological polar surface area (TPSA) is 36.3 Å². The molecule has 0 bridgehead atoms. The fraction of sp³-hybridized carbons (Fsp3) is 0.194. The number of methoxy groups -OCH3 is 1. The molecule has 200 valence electrons. The summed E-state index contributed by atoms with van der Waals surface area (Å²) in [6.07, 6.45) is 1.89. The van der Waals surface area contributed by atoms with E-state index in [1.54, 1.807) is 42.3 Å². The third-order valence-corrected chi connectivity index (χ3v) is 8.53. The minimum atomic E-state index is -0.446. The number of hydrogen-bond donors (Lipinski definition) is 0. The highest BCUT2D eigenvalue weighted by atomic mass is 35.5. The second-order valence-electron chi connectivity index (χ2n) is 9.45. The summed E-state index contributed by atoms with van der Waals surface area (Å²) >= 11 is 9.58. The van der Waals surface area contributed by atoms with Gasteiger partial charge in [-0.05, 0) is 82.0 Å². The minimum absolute atomic E-state index is 0.283. The number of halogens is 2. The van der Waals surface area contributed by atoms with Crippen LogP contribution < -0.4 is 9.47 Å². The van der Waals surface area contributed by atoms with Crippen molar-refractivity contribution in [2.75, 3.05) is 19.5 Å². The molecular formula is C31H28ClFN2O2S2. The van der Waals surface area contributed by atoms with Crippen molar-refractivity contribution in [3.05, 3.63) is 112 Å². The maximum Gasteiger partial charge on any atom is 0.172 e. The lowest BCUT2D eigenvalue weighted by atomic mass is 9.81. The summed E-state index contributed by atoms with van der Waals surface area (Å²) < 4.78 is 27.3. The maximum absolute atomic E-state index is 13.8. The van der Waals surface area contributed by atoms with E-state index >= 15 is 0 Å². The Kier molecular flexibility index (Phi) is 8.31. The Morgan fingerprint density at radius 2 is 1.77 bits per heavy atom. The summed E-state index contributed by atoms with van der Waals surface area (Å²) in [5.41, 5.74) is 4.77. The molecule has 39 heavy (non-hydrogen) atoms. The van der Waals surface area contributed by atoms with Gasteiger partial charge in [0, 0.05) is 16.9 Å². The van der Waals surface area contributed by atoms with Crippen molar-refractivity contribution in [2.45, 2.75) is 24.4 Å². The van der Waals surface area contributed by atoms with Crippen LogP contribution in [0, 0.1) is 5.82 Å². The molecule has 2 aromatic heterocycles. The van der Waals surface area contributed by atoms with Crippen molar-refractivity contribution in [3.8, 4) is 28.3 Å².